The second kappa shape index (κ2) is 2.94. The van der Waals surface area contributed by atoms with E-state index in [0.717, 1.165) is 17.7 Å². The molecule has 6 nitrogen and oxygen atoms in total. The molecule has 0 unspecified atom stereocenters. The quantitative estimate of drug-likeness (QED) is 0.768. The number of aromatic nitrogens is 3. The summed E-state index contributed by atoms with van der Waals surface area (Å²) in [5, 5.41) is 17.4. The van der Waals surface area contributed by atoms with Gasteiger partial charge in [-0.2, -0.15) is 0 Å². The minimum atomic E-state index is -1.09. The van der Waals surface area contributed by atoms with Gasteiger partial charge in [0.15, 0.2) is 0 Å². The molecule has 0 bridgehead atoms. The van der Waals surface area contributed by atoms with Crippen molar-refractivity contribution < 1.29 is 14.4 Å². The third-order valence-electron chi connectivity index (χ3n) is 1.39. The topological polar surface area (TPSA) is 89.1 Å². The van der Waals surface area contributed by atoms with Crippen LogP contribution in [0.15, 0.2) is 16.1 Å². The summed E-state index contributed by atoms with van der Waals surface area (Å²) in [5.74, 6) is -0.953. The van der Waals surface area contributed by atoms with Gasteiger partial charge < -0.3 is 9.63 Å². The fourth-order valence-corrected chi connectivity index (χ4v) is 1.28. The molecule has 0 fully saturated rings. The number of nitrogens with zero attached hydrogens (tertiary/aromatic N) is 3. The maximum absolute atomic E-state index is 10.6. The van der Waals surface area contributed by atoms with E-state index in [1.54, 1.807) is 5.38 Å². The summed E-state index contributed by atoms with van der Waals surface area (Å²) in [7, 11) is 0. The average Bonchev–Trinajstić information content (AvgIpc) is 2.74. The molecule has 0 saturated carbocycles. The molecule has 0 aliphatic carbocycles. The average molecular weight is 197 g/mol. The molecule has 0 aliphatic heterocycles. The SMILES string of the molecule is O=C(O)c1cnoc1-c1csnn1. The van der Waals surface area contributed by atoms with Gasteiger partial charge in [0, 0.05) is 5.38 Å². The lowest BCUT2D eigenvalue weighted by Crippen LogP contribution is -1.95. The predicted octanol–water partition coefficient (Wildman–Crippen LogP) is 0.891. The van der Waals surface area contributed by atoms with E-state index in [-0.39, 0.29) is 11.3 Å². The van der Waals surface area contributed by atoms with Crippen molar-refractivity contribution in [1.29, 1.82) is 0 Å². The maximum Gasteiger partial charge on any atom is 0.341 e. The van der Waals surface area contributed by atoms with Crippen LogP contribution in [0.1, 0.15) is 10.4 Å². The number of aromatic carboxylic acids is 1. The zero-order chi connectivity index (χ0) is 9.26. The fourth-order valence-electron chi connectivity index (χ4n) is 0.840. The Bertz CT molecular complexity index is 422. The first kappa shape index (κ1) is 7.87. The molecule has 0 atom stereocenters. The summed E-state index contributed by atoms with van der Waals surface area (Å²) in [6.07, 6.45) is 1.14. The van der Waals surface area contributed by atoms with E-state index in [2.05, 4.69) is 14.7 Å². The monoisotopic (exact) mass is 197 g/mol. The second-order valence-corrected chi connectivity index (χ2v) is 2.77. The number of rotatable bonds is 2. The first-order valence-electron chi connectivity index (χ1n) is 3.24. The van der Waals surface area contributed by atoms with Crippen molar-refractivity contribution in [1.82, 2.24) is 14.7 Å². The van der Waals surface area contributed by atoms with E-state index < -0.39 is 5.97 Å². The van der Waals surface area contributed by atoms with E-state index in [4.69, 9.17) is 9.63 Å². The highest BCUT2D eigenvalue weighted by Crippen LogP contribution is 2.21. The molecule has 0 radical (unpaired) electrons. The molecule has 0 saturated heterocycles. The van der Waals surface area contributed by atoms with Gasteiger partial charge in [0.25, 0.3) is 0 Å². The Morgan fingerprint density at radius 3 is 3.08 bits per heavy atom. The molecule has 2 aromatic heterocycles. The van der Waals surface area contributed by atoms with Crippen molar-refractivity contribution in [2.24, 2.45) is 0 Å². The molecular formula is C6H3N3O3S. The summed E-state index contributed by atoms with van der Waals surface area (Å²) in [4.78, 5) is 10.6. The molecule has 7 heteroatoms. The standard InChI is InChI=1S/C6H3N3O3S/c10-6(11)3-1-7-12-5(3)4-2-13-9-8-4/h1-2H,(H,10,11). The summed E-state index contributed by atoms with van der Waals surface area (Å²) < 4.78 is 8.33. The number of hydrogen-bond acceptors (Lipinski definition) is 6. The van der Waals surface area contributed by atoms with Gasteiger partial charge in [-0.25, -0.2) is 4.79 Å². The van der Waals surface area contributed by atoms with Crippen LogP contribution in [0.25, 0.3) is 11.5 Å². The van der Waals surface area contributed by atoms with Crippen molar-refractivity contribution in [3.8, 4) is 11.5 Å². The minimum Gasteiger partial charge on any atom is -0.477 e. The molecule has 0 amide bonds. The highest BCUT2D eigenvalue weighted by Gasteiger charge is 2.18. The van der Waals surface area contributed by atoms with Crippen molar-refractivity contribution in [2.75, 3.05) is 0 Å². The zero-order valence-corrected chi connectivity index (χ0v) is 6.98. The first-order valence-corrected chi connectivity index (χ1v) is 4.08. The number of carbonyl (C=O) groups is 1. The van der Waals surface area contributed by atoms with Gasteiger partial charge in [-0.3, -0.25) is 0 Å². The molecule has 66 valence electrons. The molecule has 2 rings (SSSR count). The summed E-state index contributed by atoms with van der Waals surface area (Å²) in [5.41, 5.74) is 0.382. The maximum atomic E-state index is 10.6. The third kappa shape index (κ3) is 1.29. The van der Waals surface area contributed by atoms with Crippen LogP contribution in [0.4, 0.5) is 0 Å². The normalized spacial score (nSPS) is 10.2. The van der Waals surface area contributed by atoms with E-state index in [0.29, 0.717) is 5.69 Å². The van der Waals surface area contributed by atoms with Crippen LogP contribution in [0.5, 0.6) is 0 Å². The Balaban J connectivity index is 2.52. The van der Waals surface area contributed by atoms with Crippen LogP contribution in [0.2, 0.25) is 0 Å². The lowest BCUT2D eigenvalue weighted by Gasteiger charge is -1.88. The van der Waals surface area contributed by atoms with Gasteiger partial charge >= 0.3 is 5.97 Å². The zero-order valence-electron chi connectivity index (χ0n) is 6.17. The van der Waals surface area contributed by atoms with E-state index in [1.807, 2.05) is 0 Å². The molecule has 1 N–H and O–H groups in total. The molecule has 13 heavy (non-hydrogen) atoms. The van der Waals surface area contributed by atoms with E-state index >= 15 is 0 Å². The Morgan fingerprint density at radius 2 is 2.46 bits per heavy atom. The van der Waals surface area contributed by atoms with Gasteiger partial charge in [-0.1, -0.05) is 9.64 Å². The lowest BCUT2D eigenvalue weighted by molar-refractivity contribution is 0.0697. The lowest BCUT2D eigenvalue weighted by atomic mass is 10.2. The van der Waals surface area contributed by atoms with Crippen LogP contribution in [0.3, 0.4) is 0 Å². The number of carboxylic acids is 1. The Kier molecular flexibility index (Phi) is 1.78. The smallest absolute Gasteiger partial charge is 0.341 e. The molecule has 2 heterocycles. The van der Waals surface area contributed by atoms with Crippen molar-refractivity contribution >= 4 is 17.5 Å². The fraction of sp³-hybridized carbons (Fsp3) is 0. The van der Waals surface area contributed by atoms with Crippen molar-refractivity contribution in [3.63, 3.8) is 0 Å². The number of carboxylic acid groups (broad SMARTS) is 1. The molecule has 0 aliphatic rings. The summed E-state index contributed by atoms with van der Waals surface area (Å²) >= 11 is 1.12. The Labute approximate surface area is 76.0 Å². The second-order valence-electron chi connectivity index (χ2n) is 2.16. The predicted molar refractivity (Wildman–Crippen MR) is 42.4 cm³/mol. The largest absolute Gasteiger partial charge is 0.477 e. The first-order chi connectivity index (χ1) is 6.29. The van der Waals surface area contributed by atoms with Crippen molar-refractivity contribution in [3.05, 3.63) is 17.1 Å². The van der Waals surface area contributed by atoms with E-state index in [9.17, 15) is 4.79 Å². The molecule has 0 aromatic carbocycles. The van der Waals surface area contributed by atoms with Gasteiger partial charge in [0.05, 0.1) is 6.20 Å². The van der Waals surface area contributed by atoms with Gasteiger partial charge in [-0.05, 0) is 11.5 Å². The molecule has 2 aromatic rings. The summed E-state index contributed by atoms with van der Waals surface area (Å²) in [6, 6.07) is 0. The van der Waals surface area contributed by atoms with Gasteiger partial charge in [-0.15, -0.1) is 5.10 Å². The van der Waals surface area contributed by atoms with Crippen LogP contribution in [0, 0.1) is 0 Å². The van der Waals surface area contributed by atoms with E-state index in [1.165, 1.54) is 0 Å². The molecule has 0 spiro atoms. The molecular weight excluding hydrogens is 194 g/mol. The van der Waals surface area contributed by atoms with Crippen LogP contribution >= 0.6 is 11.5 Å². The summed E-state index contributed by atoms with van der Waals surface area (Å²) in [6.45, 7) is 0. The van der Waals surface area contributed by atoms with Crippen LogP contribution in [-0.2, 0) is 0 Å². The Morgan fingerprint density at radius 1 is 1.62 bits per heavy atom. The highest BCUT2D eigenvalue weighted by molar-refractivity contribution is 7.03. The van der Waals surface area contributed by atoms with Crippen molar-refractivity contribution in [2.45, 2.75) is 0 Å². The van der Waals surface area contributed by atoms with Crippen LogP contribution in [-0.4, -0.2) is 25.8 Å². The minimum absolute atomic E-state index is 0.00676. The van der Waals surface area contributed by atoms with Crippen LogP contribution < -0.4 is 0 Å². The van der Waals surface area contributed by atoms with Gasteiger partial charge in [0.2, 0.25) is 5.76 Å². The third-order valence-corrected chi connectivity index (χ3v) is 1.90. The highest BCUT2D eigenvalue weighted by atomic mass is 32.1. The Hall–Kier alpha value is -1.76. The van der Waals surface area contributed by atoms with Gasteiger partial charge in [0.1, 0.15) is 11.3 Å². The number of hydrogen-bond donors (Lipinski definition) is 1.